The third kappa shape index (κ3) is 3.69. The number of rotatable bonds is 4. The maximum absolute atomic E-state index is 12.5. The van der Waals surface area contributed by atoms with Gasteiger partial charge >= 0.3 is 0 Å². The molecule has 1 aliphatic heterocycles. The van der Waals surface area contributed by atoms with Gasteiger partial charge in [-0.1, -0.05) is 24.3 Å². The fourth-order valence-corrected chi connectivity index (χ4v) is 3.49. The molecule has 2 amide bonds. The minimum atomic E-state index is -0.201. The third-order valence-electron chi connectivity index (χ3n) is 5.07. The summed E-state index contributed by atoms with van der Waals surface area (Å²) in [5.74, 6) is 0.655. The van der Waals surface area contributed by atoms with E-state index in [4.69, 9.17) is 0 Å². The zero-order chi connectivity index (χ0) is 19.5. The van der Waals surface area contributed by atoms with Crippen LogP contribution < -0.4 is 0 Å². The Labute approximate surface area is 162 Å². The van der Waals surface area contributed by atoms with E-state index in [0.29, 0.717) is 44.6 Å². The quantitative estimate of drug-likeness (QED) is 0.728. The van der Waals surface area contributed by atoms with E-state index >= 15 is 0 Å². The van der Waals surface area contributed by atoms with Gasteiger partial charge in [0.1, 0.15) is 11.6 Å². The highest BCUT2D eigenvalue weighted by Gasteiger charge is 2.26. The summed E-state index contributed by atoms with van der Waals surface area (Å²) in [4.78, 5) is 36.3. The predicted molar refractivity (Wildman–Crippen MR) is 105 cm³/mol. The van der Waals surface area contributed by atoms with Gasteiger partial charge in [0.15, 0.2) is 0 Å². The normalized spacial score (nSPS) is 14.4. The van der Waals surface area contributed by atoms with Crippen molar-refractivity contribution < 1.29 is 14.7 Å². The smallest absolute Gasteiger partial charge is 0.257 e. The van der Waals surface area contributed by atoms with Gasteiger partial charge in [-0.05, 0) is 24.3 Å². The van der Waals surface area contributed by atoms with Gasteiger partial charge in [0.05, 0.1) is 16.6 Å². The second-order valence-corrected chi connectivity index (χ2v) is 6.89. The molecule has 0 aliphatic carbocycles. The van der Waals surface area contributed by atoms with E-state index in [2.05, 4.69) is 9.97 Å². The SMILES string of the molecule is O=C(CCc1nc2ccccc2[nH]1)N1CCN(C(=O)c2ccccc2O)CC1. The predicted octanol–water partition coefficient (Wildman–Crippen LogP) is 2.19. The first-order valence-electron chi connectivity index (χ1n) is 9.40. The Bertz CT molecular complexity index is 973. The van der Waals surface area contributed by atoms with Gasteiger partial charge in [0, 0.05) is 39.0 Å². The standard InChI is InChI=1S/C21H22N4O3/c26-18-8-4-1-5-15(18)21(28)25-13-11-24(12-14-25)20(27)10-9-19-22-16-6-2-3-7-17(16)23-19/h1-8,26H,9-14H2,(H,22,23). The fourth-order valence-electron chi connectivity index (χ4n) is 3.49. The van der Waals surface area contributed by atoms with Gasteiger partial charge in [-0.3, -0.25) is 9.59 Å². The van der Waals surface area contributed by atoms with Gasteiger partial charge in [-0.15, -0.1) is 0 Å². The van der Waals surface area contributed by atoms with Crippen LogP contribution in [0.2, 0.25) is 0 Å². The number of aromatic hydroxyl groups is 1. The molecule has 1 saturated heterocycles. The molecule has 1 aliphatic rings. The van der Waals surface area contributed by atoms with Gasteiger partial charge < -0.3 is 19.9 Å². The molecular formula is C21H22N4O3. The molecular weight excluding hydrogens is 356 g/mol. The van der Waals surface area contributed by atoms with Crippen LogP contribution in [-0.2, 0) is 11.2 Å². The maximum Gasteiger partial charge on any atom is 0.257 e. The molecule has 7 nitrogen and oxygen atoms in total. The van der Waals surface area contributed by atoms with Crippen molar-refractivity contribution in [1.29, 1.82) is 0 Å². The Hall–Kier alpha value is -3.35. The molecule has 0 atom stereocenters. The first-order chi connectivity index (χ1) is 13.6. The molecule has 2 aromatic carbocycles. The zero-order valence-corrected chi connectivity index (χ0v) is 15.5. The first kappa shape index (κ1) is 18.0. The van der Waals surface area contributed by atoms with Crippen LogP contribution in [-0.4, -0.2) is 62.9 Å². The van der Waals surface area contributed by atoms with Crippen molar-refractivity contribution >= 4 is 22.8 Å². The molecule has 0 bridgehead atoms. The Morgan fingerprint density at radius 2 is 1.64 bits per heavy atom. The molecule has 3 aromatic rings. The van der Waals surface area contributed by atoms with Crippen molar-refractivity contribution in [2.24, 2.45) is 0 Å². The van der Waals surface area contributed by atoms with Crippen LogP contribution in [0.4, 0.5) is 0 Å². The first-order valence-corrected chi connectivity index (χ1v) is 9.40. The lowest BCUT2D eigenvalue weighted by Crippen LogP contribution is -2.50. The number of hydrogen-bond acceptors (Lipinski definition) is 4. The number of aromatic nitrogens is 2. The summed E-state index contributed by atoms with van der Waals surface area (Å²) in [6.45, 7) is 1.92. The summed E-state index contributed by atoms with van der Waals surface area (Å²) in [6, 6.07) is 14.3. The van der Waals surface area contributed by atoms with Crippen LogP contribution in [0.3, 0.4) is 0 Å². The average Bonchev–Trinajstić information content (AvgIpc) is 3.15. The highest BCUT2D eigenvalue weighted by Crippen LogP contribution is 2.19. The highest BCUT2D eigenvalue weighted by molar-refractivity contribution is 5.97. The number of para-hydroxylation sites is 3. The number of carbonyl (C=O) groups is 2. The van der Waals surface area contributed by atoms with E-state index in [9.17, 15) is 14.7 Å². The number of nitrogens with one attached hydrogen (secondary N) is 1. The van der Waals surface area contributed by atoms with Crippen LogP contribution >= 0.6 is 0 Å². The summed E-state index contributed by atoms with van der Waals surface area (Å²) in [5.41, 5.74) is 2.18. The molecule has 0 spiro atoms. The van der Waals surface area contributed by atoms with Gasteiger partial charge in [0.2, 0.25) is 5.91 Å². The minimum absolute atomic E-state index is 0.0168. The van der Waals surface area contributed by atoms with E-state index in [1.54, 1.807) is 28.0 Å². The van der Waals surface area contributed by atoms with Crippen LogP contribution in [0.5, 0.6) is 5.75 Å². The molecule has 2 N–H and O–H groups in total. The van der Waals surface area contributed by atoms with Gasteiger partial charge in [-0.2, -0.15) is 0 Å². The summed E-state index contributed by atoms with van der Waals surface area (Å²) in [5, 5.41) is 9.86. The van der Waals surface area contributed by atoms with Crippen molar-refractivity contribution in [1.82, 2.24) is 19.8 Å². The molecule has 144 valence electrons. The van der Waals surface area contributed by atoms with Crippen molar-refractivity contribution in [2.75, 3.05) is 26.2 Å². The largest absolute Gasteiger partial charge is 0.507 e. The van der Waals surface area contributed by atoms with E-state index < -0.39 is 0 Å². The fraction of sp³-hybridized carbons (Fsp3) is 0.286. The molecule has 0 saturated carbocycles. The number of fused-ring (bicyclic) bond motifs is 1. The van der Waals surface area contributed by atoms with Crippen LogP contribution in [0.1, 0.15) is 22.6 Å². The van der Waals surface area contributed by atoms with Crippen molar-refractivity contribution in [3.05, 3.63) is 59.9 Å². The summed E-state index contributed by atoms with van der Waals surface area (Å²) in [6.07, 6.45) is 0.942. The summed E-state index contributed by atoms with van der Waals surface area (Å²) >= 11 is 0. The van der Waals surface area contributed by atoms with Crippen molar-refractivity contribution in [3.63, 3.8) is 0 Å². The number of hydrogen-bond donors (Lipinski definition) is 2. The van der Waals surface area contributed by atoms with Crippen LogP contribution in [0.25, 0.3) is 11.0 Å². The van der Waals surface area contributed by atoms with Crippen LogP contribution in [0.15, 0.2) is 48.5 Å². The third-order valence-corrected chi connectivity index (χ3v) is 5.07. The number of carbonyl (C=O) groups excluding carboxylic acids is 2. The van der Waals surface area contributed by atoms with Gasteiger partial charge in [-0.25, -0.2) is 4.98 Å². The number of nitrogens with zero attached hydrogens (tertiary/aromatic N) is 3. The van der Waals surface area contributed by atoms with E-state index in [0.717, 1.165) is 16.9 Å². The molecule has 1 aromatic heterocycles. The minimum Gasteiger partial charge on any atom is -0.507 e. The van der Waals surface area contributed by atoms with Crippen LogP contribution in [0, 0.1) is 0 Å². The lowest BCUT2D eigenvalue weighted by molar-refractivity contribution is -0.132. The lowest BCUT2D eigenvalue weighted by Gasteiger charge is -2.35. The Morgan fingerprint density at radius 3 is 2.39 bits per heavy atom. The Kier molecular flexibility index (Phi) is 4.97. The Morgan fingerprint density at radius 1 is 0.964 bits per heavy atom. The number of phenolic OH excluding ortho intramolecular Hbond substituents is 1. The second kappa shape index (κ2) is 7.72. The number of H-pyrrole nitrogens is 1. The average molecular weight is 378 g/mol. The molecule has 2 heterocycles. The molecule has 28 heavy (non-hydrogen) atoms. The summed E-state index contributed by atoms with van der Waals surface area (Å²) in [7, 11) is 0. The van der Waals surface area contributed by atoms with Gasteiger partial charge in [0.25, 0.3) is 5.91 Å². The number of imidazole rings is 1. The lowest BCUT2D eigenvalue weighted by atomic mass is 10.1. The monoisotopic (exact) mass is 378 g/mol. The molecule has 1 fully saturated rings. The topological polar surface area (TPSA) is 89.5 Å². The number of aromatic amines is 1. The zero-order valence-electron chi connectivity index (χ0n) is 15.5. The van der Waals surface area contributed by atoms with Crippen molar-refractivity contribution in [3.8, 4) is 5.75 Å². The summed E-state index contributed by atoms with van der Waals surface area (Å²) < 4.78 is 0. The number of piperazine rings is 1. The van der Waals surface area contributed by atoms with Crippen molar-refractivity contribution in [2.45, 2.75) is 12.8 Å². The number of phenols is 1. The van der Waals surface area contributed by atoms with E-state index in [1.807, 2.05) is 24.3 Å². The maximum atomic E-state index is 12.5. The van der Waals surface area contributed by atoms with E-state index in [-0.39, 0.29) is 17.6 Å². The van der Waals surface area contributed by atoms with E-state index in [1.165, 1.54) is 6.07 Å². The highest BCUT2D eigenvalue weighted by atomic mass is 16.3. The number of benzene rings is 2. The molecule has 4 rings (SSSR count). The Balaban J connectivity index is 1.30. The second-order valence-electron chi connectivity index (χ2n) is 6.89. The number of aryl methyl sites for hydroxylation is 1. The number of amides is 2. The molecule has 7 heteroatoms. The molecule has 0 unspecified atom stereocenters. The molecule has 0 radical (unpaired) electrons.